The van der Waals surface area contributed by atoms with E-state index in [1.165, 1.54) is 25.1 Å². The second-order valence-corrected chi connectivity index (χ2v) is 7.74. The number of benzene rings is 1. The molecule has 0 bridgehead atoms. The van der Waals surface area contributed by atoms with Crippen molar-refractivity contribution in [1.29, 1.82) is 0 Å². The molecule has 1 atom stereocenters. The Morgan fingerprint density at radius 1 is 1.11 bits per heavy atom. The van der Waals surface area contributed by atoms with Gasteiger partial charge in [-0.1, -0.05) is 30.3 Å². The maximum Gasteiger partial charge on any atom is 0.191 e. The number of hydrogen-bond acceptors (Lipinski definition) is 4. The Hall–Kier alpha value is -1.63. The molecule has 3 rings (SSSR count). The number of ether oxygens (including phenoxy) is 1. The number of aliphatic imine (C=N–C) groups is 1. The van der Waals surface area contributed by atoms with Crippen LogP contribution >= 0.6 is 0 Å². The van der Waals surface area contributed by atoms with Gasteiger partial charge in [-0.25, -0.2) is 0 Å². The van der Waals surface area contributed by atoms with E-state index in [1.54, 1.807) is 0 Å². The summed E-state index contributed by atoms with van der Waals surface area (Å²) in [6.07, 6.45) is 3.76. The molecule has 1 aromatic carbocycles. The summed E-state index contributed by atoms with van der Waals surface area (Å²) in [5, 5.41) is 6.81. The standard InChI is InChI=1S/C22H37N5O/c1-2-23-22(25-18-21-10-6-17-28-21)24-11-7-12-26-13-15-27(16-14-26)19-20-8-4-3-5-9-20/h3-5,8-9,21H,2,6-7,10-19H2,1H3,(H2,23,24,25). The Morgan fingerprint density at radius 3 is 2.61 bits per heavy atom. The third kappa shape index (κ3) is 7.41. The zero-order valence-corrected chi connectivity index (χ0v) is 17.4. The van der Waals surface area contributed by atoms with Gasteiger partial charge in [0.15, 0.2) is 5.96 Å². The number of rotatable bonds is 9. The number of nitrogens with zero attached hydrogens (tertiary/aromatic N) is 3. The van der Waals surface area contributed by atoms with Crippen molar-refractivity contribution in [2.24, 2.45) is 4.99 Å². The zero-order chi connectivity index (χ0) is 19.4. The van der Waals surface area contributed by atoms with Gasteiger partial charge in [-0.15, -0.1) is 0 Å². The van der Waals surface area contributed by atoms with Crippen LogP contribution in [-0.2, 0) is 11.3 Å². The minimum atomic E-state index is 0.308. The van der Waals surface area contributed by atoms with Gasteiger partial charge in [0.25, 0.3) is 0 Å². The van der Waals surface area contributed by atoms with Crippen molar-refractivity contribution in [3.8, 4) is 0 Å². The van der Waals surface area contributed by atoms with Crippen molar-refractivity contribution in [2.45, 2.75) is 38.8 Å². The first-order chi connectivity index (χ1) is 13.8. The van der Waals surface area contributed by atoms with Gasteiger partial charge in [-0.05, 0) is 38.3 Å². The molecule has 2 heterocycles. The predicted octanol–water partition coefficient (Wildman–Crippen LogP) is 1.93. The first-order valence-electron chi connectivity index (χ1n) is 11.0. The largest absolute Gasteiger partial charge is 0.376 e. The van der Waals surface area contributed by atoms with Gasteiger partial charge in [0.2, 0.25) is 0 Å². The van der Waals surface area contributed by atoms with Crippen LogP contribution in [0.1, 0.15) is 31.7 Å². The fourth-order valence-electron chi connectivity index (χ4n) is 3.85. The average Bonchev–Trinajstić information content (AvgIpc) is 3.25. The maximum absolute atomic E-state index is 5.66. The van der Waals surface area contributed by atoms with Crippen LogP contribution in [0.4, 0.5) is 0 Å². The summed E-state index contributed by atoms with van der Waals surface area (Å²) in [4.78, 5) is 9.82. The molecule has 28 heavy (non-hydrogen) atoms. The topological polar surface area (TPSA) is 52.1 Å². The number of piperazine rings is 1. The monoisotopic (exact) mass is 387 g/mol. The first-order valence-corrected chi connectivity index (χ1v) is 11.0. The third-order valence-electron chi connectivity index (χ3n) is 5.48. The molecule has 0 spiro atoms. The highest BCUT2D eigenvalue weighted by Crippen LogP contribution is 2.11. The van der Waals surface area contributed by atoms with Gasteiger partial charge in [-0.3, -0.25) is 9.89 Å². The second kappa shape index (κ2) is 12.0. The molecule has 0 aromatic heterocycles. The summed E-state index contributed by atoms with van der Waals surface area (Å²) in [7, 11) is 0. The summed E-state index contributed by atoms with van der Waals surface area (Å²) >= 11 is 0. The molecule has 156 valence electrons. The summed E-state index contributed by atoms with van der Waals surface area (Å²) in [5.41, 5.74) is 1.42. The Labute approximate surface area is 170 Å². The lowest BCUT2D eigenvalue weighted by Gasteiger charge is -2.34. The molecule has 2 saturated heterocycles. The molecule has 1 aromatic rings. The molecule has 2 aliphatic heterocycles. The van der Waals surface area contributed by atoms with E-state index in [-0.39, 0.29) is 0 Å². The van der Waals surface area contributed by atoms with Crippen molar-refractivity contribution < 1.29 is 4.74 Å². The lowest BCUT2D eigenvalue weighted by Crippen LogP contribution is -2.46. The molecule has 6 nitrogen and oxygen atoms in total. The van der Waals surface area contributed by atoms with Crippen LogP contribution < -0.4 is 10.6 Å². The van der Waals surface area contributed by atoms with E-state index in [4.69, 9.17) is 4.74 Å². The molecule has 2 N–H and O–H groups in total. The summed E-state index contributed by atoms with van der Waals surface area (Å²) < 4.78 is 5.66. The van der Waals surface area contributed by atoms with Crippen molar-refractivity contribution in [3.63, 3.8) is 0 Å². The van der Waals surface area contributed by atoms with Crippen molar-refractivity contribution >= 4 is 5.96 Å². The molecular weight excluding hydrogens is 350 g/mol. The molecular formula is C22H37N5O. The first kappa shape index (κ1) is 21.1. The fraction of sp³-hybridized carbons (Fsp3) is 0.682. The minimum Gasteiger partial charge on any atom is -0.376 e. The van der Waals surface area contributed by atoms with Crippen molar-refractivity contribution in [1.82, 2.24) is 20.4 Å². The molecule has 0 saturated carbocycles. The van der Waals surface area contributed by atoms with E-state index < -0.39 is 0 Å². The molecule has 0 radical (unpaired) electrons. The van der Waals surface area contributed by atoms with Crippen LogP contribution in [0.3, 0.4) is 0 Å². The highest BCUT2D eigenvalue weighted by Gasteiger charge is 2.17. The Balaban J connectivity index is 1.28. The van der Waals surface area contributed by atoms with Crippen LogP contribution in [-0.4, -0.2) is 80.8 Å². The van der Waals surface area contributed by atoms with E-state index >= 15 is 0 Å². The van der Waals surface area contributed by atoms with Crippen LogP contribution in [0.15, 0.2) is 35.3 Å². The van der Waals surface area contributed by atoms with E-state index in [1.807, 2.05) is 0 Å². The fourth-order valence-corrected chi connectivity index (χ4v) is 3.85. The Morgan fingerprint density at radius 2 is 1.89 bits per heavy atom. The Bertz CT molecular complexity index is 566. The van der Waals surface area contributed by atoms with E-state index in [9.17, 15) is 0 Å². The van der Waals surface area contributed by atoms with Crippen LogP contribution in [0, 0.1) is 0 Å². The predicted molar refractivity (Wildman–Crippen MR) is 116 cm³/mol. The van der Waals surface area contributed by atoms with Gasteiger partial charge in [0, 0.05) is 52.4 Å². The molecule has 6 heteroatoms. The van der Waals surface area contributed by atoms with Crippen LogP contribution in [0.25, 0.3) is 0 Å². The van der Waals surface area contributed by atoms with Crippen molar-refractivity contribution in [2.75, 3.05) is 59.0 Å². The number of nitrogens with one attached hydrogen (secondary N) is 2. The van der Waals surface area contributed by atoms with Gasteiger partial charge in [-0.2, -0.15) is 0 Å². The van der Waals surface area contributed by atoms with Gasteiger partial charge < -0.3 is 20.3 Å². The van der Waals surface area contributed by atoms with Gasteiger partial charge in [0.05, 0.1) is 12.6 Å². The quantitative estimate of drug-likeness (QED) is 0.385. The van der Waals surface area contributed by atoms with E-state index in [2.05, 4.69) is 62.7 Å². The second-order valence-electron chi connectivity index (χ2n) is 7.74. The van der Waals surface area contributed by atoms with E-state index in [0.29, 0.717) is 6.10 Å². The zero-order valence-electron chi connectivity index (χ0n) is 17.4. The van der Waals surface area contributed by atoms with Gasteiger partial charge in [0.1, 0.15) is 0 Å². The smallest absolute Gasteiger partial charge is 0.191 e. The highest BCUT2D eigenvalue weighted by atomic mass is 16.5. The molecule has 0 amide bonds. The summed E-state index contributed by atoms with van der Waals surface area (Å²) in [5.74, 6) is 0.922. The minimum absolute atomic E-state index is 0.308. The third-order valence-corrected chi connectivity index (χ3v) is 5.48. The lowest BCUT2D eigenvalue weighted by atomic mass is 10.2. The average molecular weight is 388 g/mol. The number of hydrogen-bond donors (Lipinski definition) is 2. The maximum atomic E-state index is 5.66. The van der Waals surface area contributed by atoms with E-state index in [0.717, 1.165) is 71.2 Å². The van der Waals surface area contributed by atoms with Crippen LogP contribution in [0.5, 0.6) is 0 Å². The highest BCUT2D eigenvalue weighted by molar-refractivity contribution is 5.79. The molecule has 2 fully saturated rings. The SMILES string of the molecule is CCNC(=NCC1CCCO1)NCCCN1CCN(Cc2ccccc2)CC1. The van der Waals surface area contributed by atoms with Crippen LogP contribution in [0.2, 0.25) is 0 Å². The summed E-state index contributed by atoms with van der Waals surface area (Å²) in [6, 6.07) is 10.8. The molecule has 2 aliphatic rings. The molecule has 1 unspecified atom stereocenters. The Kier molecular flexibility index (Phi) is 9.07. The number of guanidine groups is 1. The lowest BCUT2D eigenvalue weighted by molar-refractivity contribution is 0.117. The van der Waals surface area contributed by atoms with Gasteiger partial charge >= 0.3 is 0 Å². The van der Waals surface area contributed by atoms with Crippen molar-refractivity contribution in [3.05, 3.63) is 35.9 Å². The molecule has 0 aliphatic carbocycles. The normalized spacial score (nSPS) is 21.8. The summed E-state index contributed by atoms with van der Waals surface area (Å²) in [6.45, 7) is 12.5.